The third-order valence-corrected chi connectivity index (χ3v) is 4.98. The second-order valence-electron chi connectivity index (χ2n) is 6.46. The normalized spacial score (nSPS) is 25.0. The molecule has 1 fully saturated rings. The fourth-order valence-electron chi connectivity index (χ4n) is 3.11. The van der Waals surface area contributed by atoms with E-state index in [9.17, 15) is 14.8 Å². The summed E-state index contributed by atoms with van der Waals surface area (Å²) in [5.41, 5.74) is 7.27. The van der Waals surface area contributed by atoms with Crippen LogP contribution in [0.5, 0.6) is 0 Å². The van der Waals surface area contributed by atoms with Gasteiger partial charge in [0.1, 0.15) is 23.8 Å². The van der Waals surface area contributed by atoms with Gasteiger partial charge >= 0.3 is 7.82 Å². The highest BCUT2D eigenvalue weighted by atomic mass is 31.2. The van der Waals surface area contributed by atoms with E-state index >= 15 is 0 Å². The van der Waals surface area contributed by atoms with E-state index in [-0.39, 0.29) is 17.0 Å². The number of benzene rings is 1. The summed E-state index contributed by atoms with van der Waals surface area (Å²) in [6, 6.07) is 9.10. The third kappa shape index (κ3) is 3.87. The molecule has 2 aromatic heterocycles. The number of hydrogen-bond acceptors (Lipinski definition) is 9. The molecule has 0 radical (unpaired) electrons. The number of fused-ring (bicyclic) bond motifs is 1. The van der Waals surface area contributed by atoms with Gasteiger partial charge in [0.15, 0.2) is 23.5 Å². The van der Waals surface area contributed by atoms with Crippen LogP contribution in [0.3, 0.4) is 0 Å². The Labute approximate surface area is 163 Å². The molecule has 0 spiro atoms. The lowest BCUT2D eigenvalue weighted by atomic mass is 10.1. The number of ether oxygens (including phenoxy) is 1. The second-order valence-corrected chi connectivity index (χ2v) is 7.69. The molecule has 3 heterocycles. The average Bonchev–Trinajstić information content (AvgIpc) is 3.22. The molecule has 29 heavy (non-hydrogen) atoms. The molecule has 0 amide bonds. The Kier molecular flexibility index (Phi) is 5.09. The van der Waals surface area contributed by atoms with Gasteiger partial charge in [0, 0.05) is 5.56 Å². The van der Waals surface area contributed by atoms with Crippen molar-refractivity contribution in [1.82, 2.24) is 19.5 Å². The van der Waals surface area contributed by atoms with Gasteiger partial charge in [-0.15, -0.1) is 0 Å². The van der Waals surface area contributed by atoms with Crippen LogP contribution in [0.1, 0.15) is 6.23 Å². The number of nitrogens with zero attached hydrogens (tertiary/aromatic N) is 4. The molecule has 12 nitrogen and oxygen atoms in total. The third-order valence-electron chi connectivity index (χ3n) is 4.50. The molecule has 0 bridgehead atoms. The van der Waals surface area contributed by atoms with Crippen molar-refractivity contribution in [2.75, 3.05) is 12.3 Å². The topological polar surface area (TPSA) is 186 Å². The van der Waals surface area contributed by atoms with Gasteiger partial charge in [-0.2, -0.15) is 0 Å². The first-order valence-corrected chi connectivity index (χ1v) is 10.0. The zero-order chi connectivity index (χ0) is 20.8. The van der Waals surface area contributed by atoms with Crippen molar-refractivity contribution in [3.63, 3.8) is 0 Å². The molecule has 4 atom stereocenters. The Balaban J connectivity index is 1.69. The van der Waals surface area contributed by atoms with Crippen LogP contribution < -0.4 is 5.73 Å². The van der Waals surface area contributed by atoms with E-state index in [1.54, 1.807) is 12.1 Å². The molecule has 3 aromatic rings. The zero-order valence-electron chi connectivity index (χ0n) is 14.8. The van der Waals surface area contributed by atoms with E-state index in [4.69, 9.17) is 20.3 Å². The molecule has 1 aliphatic heterocycles. The number of nitrogens with two attached hydrogens (primary N) is 1. The lowest BCUT2D eigenvalue weighted by molar-refractivity contribution is -0.0503. The Morgan fingerprint density at radius 1 is 1.17 bits per heavy atom. The largest absolute Gasteiger partial charge is 0.469 e. The highest BCUT2D eigenvalue weighted by molar-refractivity contribution is 7.46. The molecular weight excluding hydrogens is 405 g/mol. The Morgan fingerprint density at radius 3 is 2.59 bits per heavy atom. The molecule has 4 rings (SSSR count). The highest BCUT2D eigenvalue weighted by Gasteiger charge is 2.45. The van der Waals surface area contributed by atoms with Crippen LogP contribution >= 0.6 is 7.82 Å². The summed E-state index contributed by atoms with van der Waals surface area (Å²) in [7, 11) is -4.76. The van der Waals surface area contributed by atoms with Crippen molar-refractivity contribution < 1.29 is 33.8 Å². The minimum absolute atomic E-state index is 0.127. The molecule has 13 heteroatoms. The van der Waals surface area contributed by atoms with Gasteiger partial charge in [-0.25, -0.2) is 19.5 Å². The van der Waals surface area contributed by atoms with Crippen LogP contribution in [0.2, 0.25) is 0 Å². The standard InChI is InChI=1S/C16H18N5O7P/c17-13-10-15(20-14(19-13)8-4-2-1-3-5-8)21(7-18-10)16-12(23)11(22)9(28-16)6-27-29(24,25)26/h1-5,7,9,11-12,16,22-23H,6H2,(H2,17,19,20)(H2,24,25,26)/t9-,11?,12?,16-/m1/s1. The predicted molar refractivity (Wildman–Crippen MR) is 99.1 cm³/mol. The number of nitrogen functional groups attached to an aromatic ring is 1. The summed E-state index contributed by atoms with van der Waals surface area (Å²) in [5.74, 6) is 0.466. The predicted octanol–water partition coefficient (Wildman–Crippen LogP) is -0.196. The SMILES string of the molecule is Nc1nc(-c2ccccc2)nc2c1ncn2[C@@H]1O[C@H](COP(=O)(O)O)C(O)C1O. The quantitative estimate of drug-likeness (QED) is 0.342. The molecule has 0 aliphatic carbocycles. The van der Waals surface area contributed by atoms with Crippen molar-refractivity contribution in [1.29, 1.82) is 0 Å². The van der Waals surface area contributed by atoms with Crippen molar-refractivity contribution >= 4 is 24.8 Å². The second kappa shape index (κ2) is 7.43. The lowest BCUT2D eigenvalue weighted by Crippen LogP contribution is -2.33. The molecular formula is C16H18N5O7P. The molecule has 6 N–H and O–H groups in total. The van der Waals surface area contributed by atoms with E-state index in [1.165, 1.54) is 10.9 Å². The lowest BCUT2D eigenvalue weighted by Gasteiger charge is -2.17. The fourth-order valence-corrected chi connectivity index (χ4v) is 3.45. The van der Waals surface area contributed by atoms with Gasteiger partial charge in [0.25, 0.3) is 0 Å². The number of phosphoric acid groups is 1. The van der Waals surface area contributed by atoms with Crippen LogP contribution in [0, 0.1) is 0 Å². The number of aliphatic hydroxyl groups excluding tert-OH is 2. The van der Waals surface area contributed by atoms with Crippen molar-refractivity contribution in [3.8, 4) is 11.4 Å². The highest BCUT2D eigenvalue weighted by Crippen LogP contribution is 2.39. The van der Waals surface area contributed by atoms with Crippen molar-refractivity contribution in [2.24, 2.45) is 0 Å². The Hall–Kier alpha value is -2.44. The summed E-state index contributed by atoms with van der Waals surface area (Å²) < 4.78 is 22.2. The molecule has 154 valence electrons. The molecule has 0 saturated carbocycles. The monoisotopic (exact) mass is 423 g/mol. The summed E-state index contributed by atoms with van der Waals surface area (Å²) in [6.07, 6.45) is -3.84. The molecule has 2 unspecified atom stereocenters. The van der Waals surface area contributed by atoms with Gasteiger partial charge in [0.2, 0.25) is 0 Å². The number of hydrogen-bond donors (Lipinski definition) is 5. The van der Waals surface area contributed by atoms with Crippen molar-refractivity contribution in [3.05, 3.63) is 36.7 Å². The van der Waals surface area contributed by atoms with Crippen LogP contribution in [0.25, 0.3) is 22.6 Å². The Morgan fingerprint density at radius 2 is 1.90 bits per heavy atom. The number of rotatable bonds is 5. The first kappa shape index (κ1) is 19.9. The molecule has 1 saturated heterocycles. The number of anilines is 1. The minimum atomic E-state index is -4.76. The maximum atomic E-state index is 10.9. The maximum absolute atomic E-state index is 10.9. The fraction of sp³-hybridized carbons (Fsp3) is 0.312. The number of aromatic nitrogens is 4. The first-order chi connectivity index (χ1) is 13.7. The van der Waals surface area contributed by atoms with Gasteiger partial charge in [-0.05, 0) is 0 Å². The smallest absolute Gasteiger partial charge is 0.387 e. The van der Waals surface area contributed by atoms with E-state index in [0.717, 1.165) is 5.56 Å². The van der Waals surface area contributed by atoms with E-state index in [0.29, 0.717) is 5.82 Å². The van der Waals surface area contributed by atoms with E-state index in [1.807, 2.05) is 18.2 Å². The van der Waals surface area contributed by atoms with Crippen LogP contribution in [-0.2, 0) is 13.8 Å². The van der Waals surface area contributed by atoms with Crippen LogP contribution in [-0.4, -0.2) is 64.4 Å². The number of aliphatic hydroxyl groups is 2. The van der Waals surface area contributed by atoms with Gasteiger partial charge in [0.05, 0.1) is 12.9 Å². The van der Waals surface area contributed by atoms with Gasteiger partial charge in [-0.1, -0.05) is 30.3 Å². The first-order valence-electron chi connectivity index (χ1n) is 8.52. The molecule has 1 aromatic carbocycles. The number of imidazole rings is 1. The van der Waals surface area contributed by atoms with Gasteiger partial charge in [-0.3, -0.25) is 9.09 Å². The average molecular weight is 423 g/mol. The van der Waals surface area contributed by atoms with E-state index < -0.39 is 39.0 Å². The molecule has 1 aliphatic rings. The summed E-state index contributed by atoms with van der Waals surface area (Å²) >= 11 is 0. The van der Waals surface area contributed by atoms with Gasteiger partial charge < -0.3 is 30.5 Å². The maximum Gasteiger partial charge on any atom is 0.469 e. The van der Waals surface area contributed by atoms with E-state index in [2.05, 4.69) is 19.5 Å². The van der Waals surface area contributed by atoms with Crippen molar-refractivity contribution in [2.45, 2.75) is 24.5 Å². The zero-order valence-corrected chi connectivity index (χ0v) is 15.7. The van der Waals surface area contributed by atoms with Crippen LogP contribution in [0.15, 0.2) is 36.7 Å². The summed E-state index contributed by atoms with van der Waals surface area (Å²) in [4.78, 5) is 30.5. The van der Waals surface area contributed by atoms with Crippen LogP contribution in [0.4, 0.5) is 5.82 Å². The summed E-state index contributed by atoms with van der Waals surface area (Å²) in [6.45, 7) is -0.613. The summed E-state index contributed by atoms with van der Waals surface area (Å²) in [5, 5.41) is 20.6. The minimum Gasteiger partial charge on any atom is -0.387 e. The number of phosphoric ester groups is 1. The Bertz CT molecular complexity index is 1070.